The Morgan fingerprint density at radius 2 is 2.20 bits per heavy atom. The number of methoxy groups -OCH3 is 1. The third-order valence-electron chi connectivity index (χ3n) is 4.42. The van der Waals surface area contributed by atoms with Crippen molar-refractivity contribution in [3.63, 3.8) is 0 Å². The lowest BCUT2D eigenvalue weighted by Gasteiger charge is -2.39. The van der Waals surface area contributed by atoms with Crippen molar-refractivity contribution in [3.05, 3.63) is 28.2 Å². The molecule has 2 rings (SSSR count). The van der Waals surface area contributed by atoms with Gasteiger partial charge in [0.15, 0.2) is 0 Å². The molecule has 1 aliphatic heterocycles. The summed E-state index contributed by atoms with van der Waals surface area (Å²) >= 11 is 3.58. The van der Waals surface area contributed by atoms with Crippen LogP contribution in [0.25, 0.3) is 0 Å². The zero-order chi connectivity index (χ0) is 14.7. The molecule has 0 aliphatic carbocycles. The van der Waals surface area contributed by atoms with E-state index in [0.29, 0.717) is 18.1 Å². The van der Waals surface area contributed by atoms with Crippen molar-refractivity contribution in [2.45, 2.75) is 32.4 Å². The molecule has 0 spiro atoms. The quantitative estimate of drug-likeness (QED) is 0.906. The maximum absolute atomic E-state index is 5.64. The van der Waals surface area contributed by atoms with Crippen LogP contribution < -0.4 is 10.2 Å². The molecule has 1 fully saturated rings. The highest BCUT2D eigenvalue weighted by Gasteiger charge is 2.27. The van der Waals surface area contributed by atoms with Gasteiger partial charge in [-0.3, -0.25) is 0 Å². The van der Waals surface area contributed by atoms with E-state index in [0.717, 1.165) is 17.6 Å². The third kappa shape index (κ3) is 3.35. The maximum atomic E-state index is 5.64. The number of hydrogen-bond acceptors (Lipinski definition) is 3. The Labute approximate surface area is 130 Å². The molecule has 0 saturated carbocycles. The van der Waals surface area contributed by atoms with E-state index in [1.807, 2.05) is 14.2 Å². The maximum Gasteiger partial charge on any atom is 0.0772 e. The van der Waals surface area contributed by atoms with Gasteiger partial charge in [0.1, 0.15) is 0 Å². The second-order valence-electron chi connectivity index (χ2n) is 5.70. The van der Waals surface area contributed by atoms with Crippen LogP contribution in [0.4, 0.5) is 5.69 Å². The Morgan fingerprint density at radius 3 is 2.85 bits per heavy atom. The van der Waals surface area contributed by atoms with Crippen LogP contribution in [0.15, 0.2) is 22.7 Å². The van der Waals surface area contributed by atoms with Gasteiger partial charge in [0.05, 0.1) is 6.10 Å². The predicted octanol–water partition coefficient (Wildman–Crippen LogP) is 3.59. The van der Waals surface area contributed by atoms with Crippen molar-refractivity contribution in [1.82, 2.24) is 5.32 Å². The number of ether oxygens (including phenoxy) is 1. The zero-order valence-electron chi connectivity index (χ0n) is 12.8. The number of piperidine rings is 1. The van der Waals surface area contributed by atoms with Crippen LogP contribution in [0.5, 0.6) is 0 Å². The number of rotatable bonds is 4. The van der Waals surface area contributed by atoms with Crippen molar-refractivity contribution in [3.8, 4) is 0 Å². The molecule has 0 amide bonds. The number of nitrogens with zero attached hydrogens (tertiary/aromatic N) is 1. The van der Waals surface area contributed by atoms with Crippen molar-refractivity contribution >= 4 is 21.6 Å². The average Bonchev–Trinajstić information content (AvgIpc) is 2.47. The third-order valence-corrected chi connectivity index (χ3v) is 4.92. The first-order valence-corrected chi connectivity index (χ1v) is 8.10. The minimum Gasteiger partial charge on any atom is -0.379 e. The topological polar surface area (TPSA) is 24.5 Å². The van der Waals surface area contributed by atoms with Gasteiger partial charge in [-0.25, -0.2) is 0 Å². The van der Waals surface area contributed by atoms with Crippen molar-refractivity contribution in [1.29, 1.82) is 0 Å². The van der Waals surface area contributed by atoms with E-state index in [-0.39, 0.29) is 0 Å². The average molecular weight is 341 g/mol. The first-order chi connectivity index (χ1) is 9.56. The fourth-order valence-corrected chi connectivity index (χ4v) is 3.25. The first kappa shape index (κ1) is 15.8. The van der Waals surface area contributed by atoms with Gasteiger partial charge in [-0.05, 0) is 50.1 Å². The summed E-state index contributed by atoms with van der Waals surface area (Å²) in [5.41, 5.74) is 2.66. The van der Waals surface area contributed by atoms with E-state index < -0.39 is 0 Å². The first-order valence-electron chi connectivity index (χ1n) is 7.31. The molecule has 3 atom stereocenters. The predicted molar refractivity (Wildman–Crippen MR) is 88.4 cm³/mol. The van der Waals surface area contributed by atoms with E-state index in [2.05, 4.69) is 58.2 Å². The van der Waals surface area contributed by atoms with Gasteiger partial charge < -0.3 is 15.0 Å². The molecular formula is C16H25BrN2O. The minimum atomic E-state index is 0.324. The van der Waals surface area contributed by atoms with Crippen LogP contribution in [0, 0.1) is 5.92 Å². The molecule has 20 heavy (non-hydrogen) atoms. The summed E-state index contributed by atoms with van der Waals surface area (Å²) in [5, 5.41) is 3.34. The highest BCUT2D eigenvalue weighted by molar-refractivity contribution is 9.10. The van der Waals surface area contributed by atoms with Crippen LogP contribution in [0.1, 0.15) is 31.9 Å². The largest absolute Gasteiger partial charge is 0.379 e. The molecule has 3 unspecified atom stereocenters. The Kier molecular flexibility index (Phi) is 5.47. The van der Waals surface area contributed by atoms with Crippen LogP contribution in [-0.4, -0.2) is 33.4 Å². The van der Waals surface area contributed by atoms with Crippen molar-refractivity contribution < 1.29 is 4.74 Å². The fraction of sp³-hybridized carbons (Fsp3) is 0.625. The monoisotopic (exact) mass is 340 g/mol. The van der Waals surface area contributed by atoms with Gasteiger partial charge in [0.2, 0.25) is 0 Å². The molecule has 112 valence electrons. The lowest BCUT2D eigenvalue weighted by molar-refractivity contribution is 0.0498. The Bertz CT molecular complexity index is 452. The standard InChI is InChI=1S/C16H25BrN2O/c1-11-7-8-19(10-16(11)20-4)15-6-5-13(17)9-14(15)12(2)18-3/h5-6,9,11-12,16,18H,7-8,10H2,1-4H3. The Balaban J connectivity index is 2.28. The van der Waals surface area contributed by atoms with E-state index in [4.69, 9.17) is 4.74 Å². The van der Waals surface area contributed by atoms with Crippen molar-refractivity contribution in [2.24, 2.45) is 5.92 Å². The summed E-state index contributed by atoms with van der Waals surface area (Å²) in [7, 11) is 3.83. The van der Waals surface area contributed by atoms with Gasteiger partial charge in [0, 0.05) is 36.4 Å². The smallest absolute Gasteiger partial charge is 0.0772 e. The summed E-state index contributed by atoms with van der Waals surface area (Å²) < 4.78 is 6.77. The Hall–Kier alpha value is -0.580. The van der Waals surface area contributed by atoms with E-state index in [1.165, 1.54) is 17.7 Å². The molecule has 0 bridgehead atoms. The lowest BCUT2D eigenvalue weighted by Crippen LogP contribution is -2.44. The zero-order valence-corrected chi connectivity index (χ0v) is 14.4. The van der Waals surface area contributed by atoms with Crippen LogP contribution in [0.2, 0.25) is 0 Å². The molecule has 1 N–H and O–H groups in total. The van der Waals surface area contributed by atoms with Gasteiger partial charge in [0.25, 0.3) is 0 Å². The molecular weight excluding hydrogens is 316 g/mol. The summed E-state index contributed by atoms with van der Waals surface area (Å²) in [6, 6.07) is 6.90. The molecule has 3 nitrogen and oxygen atoms in total. The number of hydrogen-bond donors (Lipinski definition) is 1. The molecule has 1 saturated heterocycles. The highest BCUT2D eigenvalue weighted by atomic mass is 79.9. The fourth-order valence-electron chi connectivity index (χ4n) is 2.88. The summed E-state index contributed by atoms with van der Waals surface area (Å²) in [6.45, 7) is 6.56. The SMILES string of the molecule is CNC(C)c1cc(Br)ccc1N1CCC(C)C(OC)C1. The number of nitrogens with one attached hydrogen (secondary N) is 1. The van der Waals surface area contributed by atoms with Crippen LogP contribution in [0.3, 0.4) is 0 Å². The second-order valence-corrected chi connectivity index (χ2v) is 6.62. The summed E-state index contributed by atoms with van der Waals surface area (Å²) in [4.78, 5) is 2.46. The van der Waals surface area contributed by atoms with Crippen LogP contribution in [-0.2, 0) is 4.74 Å². The molecule has 0 aromatic heterocycles. The minimum absolute atomic E-state index is 0.324. The summed E-state index contributed by atoms with van der Waals surface area (Å²) in [6.07, 6.45) is 1.51. The molecule has 1 heterocycles. The van der Waals surface area contributed by atoms with Crippen LogP contribution >= 0.6 is 15.9 Å². The van der Waals surface area contributed by atoms with Crippen molar-refractivity contribution in [2.75, 3.05) is 32.1 Å². The molecule has 1 aliphatic rings. The number of anilines is 1. The number of benzene rings is 1. The highest BCUT2D eigenvalue weighted by Crippen LogP contribution is 2.32. The lowest BCUT2D eigenvalue weighted by atomic mass is 9.94. The molecule has 1 aromatic carbocycles. The van der Waals surface area contributed by atoms with Gasteiger partial charge in [-0.15, -0.1) is 0 Å². The van der Waals surface area contributed by atoms with Gasteiger partial charge in [-0.1, -0.05) is 22.9 Å². The Morgan fingerprint density at radius 1 is 1.45 bits per heavy atom. The van der Waals surface area contributed by atoms with E-state index in [1.54, 1.807) is 0 Å². The number of halogens is 1. The van der Waals surface area contributed by atoms with Gasteiger partial charge in [-0.2, -0.15) is 0 Å². The van der Waals surface area contributed by atoms with E-state index >= 15 is 0 Å². The molecule has 4 heteroatoms. The molecule has 0 radical (unpaired) electrons. The summed E-state index contributed by atoms with van der Waals surface area (Å²) in [5.74, 6) is 0.636. The normalized spacial score (nSPS) is 24.8. The van der Waals surface area contributed by atoms with E-state index in [9.17, 15) is 0 Å². The molecule has 1 aromatic rings. The van der Waals surface area contributed by atoms with Gasteiger partial charge >= 0.3 is 0 Å². The second kappa shape index (κ2) is 6.92.